The third-order valence-corrected chi connectivity index (χ3v) is 6.98. The molecule has 1 saturated heterocycles. The van der Waals surface area contributed by atoms with Crippen molar-refractivity contribution in [2.24, 2.45) is 0 Å². The summed E-state index contributed by atoms with van der Waals surface area (Å²) in [5, 5.41) is 7.71. The van der Waals surface area contributed by atoms with E-state index in [-0.39, 0.29) is 29.7 Å². The molecular weight excluding hydrogens is 479 g/mol. The molecule has 190 valence electrons. The van der Waals surface area contributed by atoms with E-state index in [0.717, 1.165) is 19.3 Å². The van der Waals surface area contributed by atoms with Crippen LogP contribution in [0.15, 0.2) is 48.7 Å². The maximum atomic E-state index is 13.6. The molecule has 6 nitrogen and oxygen atoms in total. The molecular formula is C28H32ClFN4O2. The van der Waals surface area contributed by atoms with E-state index in [1.807, 2.05) is 25.7 Å². The van der Waals surface area contributed by atoms with Crippen molar-refractivity contribution in [1.29, 1.82) is 0 Å². The first kappa shape index (κ1) is 25.9. The van der Waals surface area contributed by atoms with E-state index in [9.17, 15) is 14.0 Å². The molecule has 8 heteroatoms. The number of nitrogens with one attached hydrogen (secondary N) is 1. The lowest BCUT2D eigenvalue weighted by Gasteiger charge is -2.39. The summed E-state index contributed by atoms with van der Waals surface area (Å²) in [4.78, 5) is 28.7. The number of hydrogen-bond donors (Lipinski definition) is 1. The molecule has 3 aromatic rings. The van der Waals surface area contributed by atoms with Crippen molar-refractivity contribution in [3.8, 4) is 11.3 Å². The van der Waals surface area contributed by atoms with E-state index >= 15 is 0 Å². The Hall–Kier alpha value is -3.19. The van der Waals surface area contributed by atoms with Crippen LogP contribution in [0.2, 0.25) is 5.02 Å². The lowest BCUT2D eigenvalue weighted by atomic mass is 9.96. The number of rotatable bonds is 4. The molecule has 0 saturated carbocycles. The lowest BCUT2D eigenvalue weighted by Crippen LogP contribution is -2.47. The Morgan fingerprint density at radius 3 is 2.28 bits per heavy atom. The Morgan fingerprint density at radius 2 is 1.67 bits per heavy atom. The molecule has 0 radical (unpaired) electrons. The first-order chi connectivity index (χ1) is 17.0. The lowest BCUT2D eigenvalue weighted by molar-refractivity contribution is 0.0511. The summed E-state index contributed by atoms with van der Waals surface area (Å²) < 4.78 is 15.3. The fraction of sp³-hybridized carbons (Fsp3) is 0.393. The molecule has 2 amide bonds. The molecule has 1 aliphatic rings. The van der Waals surface area contributed by atoms with E-state index in [4.69, 9.17) is 11.6 Å². The van der Waals surface area contributed by atoms with Gasteiger partial charge in [-0.05, 0) is 96.3 Å². The Balaban J connectivity index is 1.66. The van der Waals surface area contributed by atoms with Crippen molar-refractivity contribution in [3.05, 3.63) is 70.6 Å². The van der Waals surface area contributed by atoms with E-state index in [0.29, 0.717) is 33.1 Å². The molecule has 0 aliphatic carbocycles. The van der Waals surface area contributed by atoms with Gasteiger partial charge >= 0.3 is 0 Å². The normalized spacial score (nSPS) is 18.2. The Labute approximate surface area is 216 Å². The number of halogens is 2. The van der Waals surface area contributed by atoms with Gasteiger partial charge in [-0.25, -0.2) is 4.39 Å². The molecule has 1 aliphatic heterocycles. The fourth-order valence-electron chi connectivity index (χ4n) is 4.83. The summed E-state index contributed by atoms with van der Waals surface area (Å²) >= 11 is 6.43. The van der Waals surface area contributed by atoms with Gasteiger partial charge in [0.1, 0.15) is 5.82 Å². The maximum absolute atomic E-state index is 13.6. The van der Waals surface area contributed by atoms with Gasteiger partial charge in [0.25, 0.3) is 11.8 Å². The number of nitrogens with zero attached hydrogens (tertiary/aromatic N) is 3. The van der Waals surface area contributed by atoms with Crippen LogP contribution in [0.25, 0.3) is 11.3 Å². The predicted molar refractivity (Wildman–Crippen MR) is 141 cm³/mol. The number of anilines is 1. The summed E-state index contributed by atoms with van der Waals surface area (Å²) in [5.41, 5.74) is 2.01. The Kier molecular flexibility index (Phi) is 7.23. The minimum atomic E-state index is -0.413. The molecule has 2 aromatic carbocycles. The highest BCUT2D eigenvalue weighted by atomic mass is 35.5. The van der Waals surface area contributed by atoms with Gasteiger partial charge in [0.15, 0.2) is 0 Å². The number of benzene rings is 2. The van der Waals surface area contributed by atoms with E-state index in [1.54, 1.807) is 35.0 Å². The van der Waals surface area contributed by atoms with Crippen LogP contribution in [0.1, 0.15) is 74.6 Å². The van der Waals surface area contributed by atoms with Crippen LogP contribution in [0, 0.1) is 5.82 Å². The monoisotopic (exact) mass is 510 g/mol. The number of carbonyl (C=O) groups is 2. The van der Waals surface area contributed by atoms with Gasteiger partial charge in [-0.3, -0.25) is 14.3 Å². The second-order valence-electron chi connectivity index (χ2n) is 10.5. The van der Waals surface area contributed by atoms with Crippen molar-refractivity contribution in [1.82, 2.24) is 14.7 Å². The van der Waals surface area contributed by atoms with Crippen LogP contribution in [-0.2, 0) is 5.54 Å². The minimum Gasteiger partial charge on any atom is -0.333 e. The molecule has 0 bridgehead atoms. The SMILES string of the molecule is CC1CCCC(C)N1C(=O)c1cc(NC(=O)c2cnn(C(C)(C)C)c2-c2ccc(F)cc2)ccc1Cl. The molecule has 2 atom stereocenters. The van der Waals surface area contributed by atoms with Crippen LogP contribution in [0.5, 0.6) is 0 Å². The van der Waals surface area contributed by atoms with Crippen molar-refractivity contribution in [3.63, 3.8) is 0 Å². The van der Waals surface area contributed by atoms with E-state index < -0.39 is 5.54 Å². The van der Waals surface area contributed by atoms with Crippen LogP contribution in [-0.4, -0.2) is 38.6 Å². The van der Waals surface area contributed by atoms with Gasteiger partial charge < -0.3 is 10.2 Å². The fourth-order valence-corrected chi connectivity index (χ4v) is 5.03. The maximum Gasteiger partial charge on any atom is 0.259 e. The van der Waals surface area contributed by atoms with Gasteiger partial charge in [0.2, 0.25) is 0 Å². The van der Waals surface area contributed by atoms with Crippen molar-refractivity contribution < 1.29 is 14.0 Å². The van der Waals surface area contributed by atoms with Crippen LogP contribution in [0.4, 0.5) is 10.1 Å². The van der Waals surface area contributed by atoms with Crippen molar-refractivity contribution in [2.45, 2.75) is 71.5 Å². The average Bonchev–Trinajstić information content (AvgIpc) is 3.27. The molecule has 1 fully saturated rings. The van der Waals surface area contributed by atoms with Crippen molar-refractivity contribution >= 4 is 29.1 Å². The first-order valence-electron chi connectivity index (χ1n) is 12.3. The smallest absolute Gasteiger partial charge is 0.259 e. The highest BCUT2D eigenvalue weighted by Crippen LogP contribution is 2.31. The van der Waals surface area contributed by atoms with Crippen LogP contribution in [0.3, 0.4) is 0 Å². The topological polar surface area (TPSA) is 67.2 Å². The summed E-state index contributed by atoms with van der Waals surface area (Å²) in [6.45, 7) is 10.0. The van der Waals surface area contributed by atoms with E-state index in [1.165, 1.54) is 18.3 Å². The zero-order chi connectivity index (χ0) is 26.2. The number of hydrogen-bond acceptors (Lipinski definition) is 3. The molecule has 4 rings (SSSR count). The highest BCUT2D eigenvalue weighted by Gasteiger charge is 2.31. The standard InChI is InChI=1S/C28H32ClFN4O2/c1-17-7-6-8-18(2)33(17)27(36)22-15-21(13-14-24(22)29)32-26(35)23-16-31-34(28(3,4)5)25(23)19-9-11-20(30)12-10-19/h9-18H,6-8H2,1-5H3,(H,32,35). The number of amides is 2. The first-order valence-corrected chi connectivity index (χ1v) is 12.6. The molecule has 36 heavy (non-hydrogen) atoms. The van der Waals surface area contributed by atoms with Gasteiger partial charge in [-0.1, -0.05) is 11.6 Å². The Bertz CT molecular complexity index is 1270. The predicted octanol–water partition coefficient (Wildman–Crippen LogP) is 6.75. The number of carbonyl (C=O) groups excluding carboxylic acids is 2. The van der Waals surface area contributed by atoms with Gasteiger partial charge in [0.05, 0.1) is 33.6 Å². The van der Waals surface area contributed by atoms with Gasteiger partial charge in [-0.15, -0.1) is 0 Å². The van der Waals surface area contributed by atoms with Crippen LogP contribution < -0.4 is 5.32 Å². The second-order valence-corrected chi connectivity index (χ2v) is 10.9. The molecule has 0 spiro atoms. The average molecular weight is 511 g/mol. The quantitative estimate of drug-likeness (QED) is 0.422. The largest absolute Gasteiger partial charge is 0.333 e. The third-order valence-electron chi connectivity index (χ3n) is 6.65. The zero-order valence-corrected chi connectivity index (χ0v) is 22.1. The van der Waals surface area contributed by atoms with Crippen LogP contribution >= 0.6 is 11.6 Å². The molecule has 1 aromatic heterocycles. The van der Waals surface area contributed by atoms with Gasteiger partial charge in [-0.2, -0.15) is 5.10 Å². The number of piperidine rings is 1. The number of aromatic nitrogens is 2. The number of likely N-dealkylation sites (tertiary alicyclic amines) is 1. The molecule has 1 N–H and O–H groups in total. The highest BCUT2D eigenvalue weighted by molar-refractivity contribution is 6.34. The summed E-state index contributed by atoms with van der Waals surface area (Å²) in [5.74, 6) is -0.879. The second kappa shape index (κ2) is 10.1. The summed E-state index contributed by atoms with van der Waals surface area (Å²) in [6, 6.07) is 11.1. The van der Waals surface area contributed by atoms with E-state index in [2.05, 4.69) is 24.3 Å². The Morgan fingerprint density at radius 1 is 1.03 bits per heavy atom. The summed E-state index contributed by atoms with van der Waals surface area (Å²) in [7, 11) is 0. The molecule has 2 unspecified atom stereocenters. The third kappa shape index (κ3) is 5.16. The summed E-state index contributed by atoms with van der Waals surface area (Å²) in [6.07, 6.45) is 4.51. The van der Waals surface area contributed by atoms with Crippen molar-refractivity contribution in [2.75, 3.05) is 5.32 Å². The zero-order valence-electron chi connectivity index (χ0n) is 21.3. The minimum absolute atomic E-state index is 0.122. The molecule has 2 heterocycles. The van der Waals surface area contributed by atoms with Gasteiger partial charge in [0, 0.05) is 23.3 Å².